The first-order valence-corrected chi connectivity index (χ1v) is 5.09. The maximum absolute atomic E-state index is 12.7. The Morgan fingerprint density at radius 2 is 2.13 bits per heavy atom. The molecule has 0 spiro atoms. The number of carbonyl (C=O) groups excluding carboxylic acids is 1. The van der Waals surface area contributed by atoms with Crippen molar-refractivity contribution >= 4 is 27.7 Å². The van der Waals surface area contributed by atoms with Crippen molar-refractivity contribution in [1.29, 1.82) is 0 Å². The van der Waals surface area contributed by atoms with E-state index in [2.05, 4.69) is 31.2 Å². The van der Waals surface area contributed by atoms with Gasteiger partial charge in [-0.15, -0.1) is 0 Å². The van der Waals surface area contributed by atoms with Crippen LogP contribution in [0.2, 0.25) is 0 Å². The van der Waals surface area contributed by atoms with E-state index in [1.54, 1.807) is 20.8 Å². The van der Waals surface area contributed by atoms with Gasteiger partial charge in [0.05, 0.1) is 6.20 Å². The van der Waals surface area contributed by atoms with Gasteiger partial charge >= 0.3 is 0 Å². The fraction of sp³-hybridized carbons (Fsp3) is 0.444. The predicted octanol–water partition coefficient (Wildman–Crippen LogP) is 2.36. The van der Waals surface area contributed by atoms with Gasteiger partial charge in [0.15, 0.2) is 10.4 Å². The van der Waals surface area contributed by atoms with Crippen LogP contribution in [0.3, 0.4) is 0 Å². The van der Waals surface area contributed by atoms with Crippen molar-refractivity contribution in [2.45, 2.75) is 20.8 Å². The smallest absolute Gasteiger partial charge is 0.246 e. The number of rotatable bonds is 1. The van der Waals surface area contributed by atoms with E-state index in [1.165, 1.54) is 6.20 Å². The number of nitrogens with one attached hydrogen (secondary N) is 1. The van der Waals surface area contributed by atoms with E-state index in [4.69, 9.17) is 0 Å². The molecule has 0 saturated carbocycles. The number of aromatic nitrogens is 2. The zero-order valence-corrected chi connectivity index (χ0v) is 10.2. The summed E-state index contributed by atoms with van der Waals surface area (Å²) < 4.78 is 12.7. The van der Waals surface area contributed by atoms with Crippen molar-refractivity contribution in [2.75, 3.05) is 5.32 Å². The number of nitrogens with zero attached hydrogens (tertiary/aromatic N) is 2. The van der Waals surface area contributed by atoms with Crippen molar-refractivity contribution < 1.29 is 9.18 Å². The van der Waals surface area contributed by atoms with E-state index in [0.717, 1.165) is 0 Å². The molecule has 15 heavy (non-hydrogen) atoms. The van der Waals surface area contributed by atoms with Gasteiger partial charge in [0.2, 0.25) is 11.9 Å². The maximum Gasteiger partial charge on any atom is 0.246 e. The van der Waals surface area contributed by atoms with Crippen molar-refractivity contribution in [1.82, 2.24) is 9.97 Å². The first-order chi connectivity index (χ1) is 6.80. The van der Waals surface area contributed by atoms with Gasteiger partial charge in [-0.3, -0.25) is 4.79 Å². The molecule has 4 nitrogen and oxygen atoms in total. The Morgan fingerprint density at radius 3 is 2.60 bits per heavy atom. The first-order valence-electron chi connectivity index (χ1n) is 4.30. The van der Waals surface area contributed by atoms with E-state index in [0.29, 0.717) is 0 Å². The summed E-state index contributed by atoms with van der Waals surface area (Å²) >= 11 is 2.89. The molecule has 0 atom stereocenters. The quantitative estimate of drug-likeness (QED) is 0.856. The Morgan fingerprint density at radius 1 is 1.53 bits per heavy atom. The normalized spacial score (nSPS) is 11.3. The van der Waals surface area contributed by atoms with Gasteiger partial charge < -0.3 is 5.32 Å². The summed E-state index contributed by atoms with van der Waals surface area (Å²) in [7, 11) is 0. The summed E-state index contributed by atoms with van der Waals surface area (Å²) in [6.45, 7) is 5.32. The van der Waals surface area contributed by atoms with Crippen LogP contribution in [0, 0.1) is 11.4 Å². The minimum absolute atomic E-state index is 0.0193. The van der Waals surface area contributed by atoms with E-state index < -0.39 is 11.4 Å². The summed E-state index contributed by atoms with van der Waals surface area (Å²) in [5, 5.41) is 2.54. The molecular weight excluding hydrogens is 265 g/mol. The minimum atomic E-state index is -0.705. The standard InChI is InChI=1S/C9H11BrFN3O/c1-9(2,3)8(15)14-5-4-12-7(11)6(10)13-5/h4H,1-3H3,(H,13,14,15). The highest BCUT2D eigenvalue weighted by Crippen LogP contribution is 2.17. The van der Waals surface area contributed by atoms with Crippen LogP contribution in [0.1, 0.15) is 20.8 Å². The number of hydrogen-bond acceptors (Lipinski definition) is 3. The molecule has 0 radical (unpaired) electrons. The molecule has 0 aliphatic carbocycles. The lowest BCUT2D eigenvalue weighted by molar-refractivity contribution is -0.123. The lowest BCUT2D eigenvalue weighted by atomic mass is 9.96. The second-order valence-electron chi connectivity index (χ2n) is 4.04. The van der Waals surface area contributed by atoms with Gasteiger partial charge in [-0.1, -0.05) is 20.8 Å². The van der Waals surface area contributed by atoms with Crippen molar-refractivity contribution in [3.8, 4) is 0 Å². The number of hydrogen-bond donors (Lipinski definition) is 1. The Balaban J connectivity index is 2.83. The number of carbonyl (C=O) groups is 1. The van der Waals surface area contributed by atoms with Crippen LogP contribution in [0.5, 0.6) is 0 Å². The average Bonchev–Trinajstić information content (AvgIpc) is 2.10. The lowest BCUT2D eigenvalue weighted by Crippen LogP contribution is -2.28. The van der Waals surface area contributed by atoms with Gasteiger partial charge in [0.1, 0.15) is 0 Å². The molecule has 0 aliphatic heterocycles. The molecule has 1 aromatic heterocycles. The monoisotopic (exact) mass is 275 g/mol. The minimum Gasteiger partial charge on any atom is -0.309 e. The maximum atomic E-state index is 12.7. The van der Waals surface area contributed by atoms with Crippen molar-refractivity contribution in [2.24, 2.45) is 5.41 Å². The summed E-state index contributed by atoms with van der Waals surface area (Å²) in [6.07, 6.45) is 1.17. The Kier molecular flexibility index (Phi) is 3.38. The van der Waals surface area contributed by atoms with E-state index in [-0.39, 0.29) is 16.3 Å². The summed E-state index contributed by atoms with van der Waals surface area (Å²) in [5.74, 6) is -0.678. The lowest BCUT2D eigenvalue weighted by Gasteiger charge is -2.16. The second kappa shape index (κ2) is 4.22. The SMILES string of the molecule is CC(C)(C)C(=O)Nc1cnc(F)c(Br)n1. The second-order valence-corrected chi connectivity index (χ2v) is 4.79. The molecule has 0 aliphatic rings. The van der Waals surface area contributed by atoms with E-state index in [1.807, 2.05) is 0 Å². The predicted molar refractivity (Wildman–Crippen MR) is 57.8 cm³/mol. The third-order valence-electron chi connectivity index (χ3n) is 1.61. The highest BCUT2D eigenvalue weighted by molar-refractivity contribution is 9.10. The zero-order valence-electron chi connectivity index (χ0n) is 8.64. The van der Waals surface area contributed by atoms with Crippen LogP contribution in [0.15, 0.2) is 10.8 Å². The van der Waals surface area contributed by atoms with Crippen LogP contribution in [-0.2, 0) is 4.79 Å². The molecule has 1 amide bonds. The number of anilines is 1. The van der Waals surface area contributed by atoms with Crippen LogP contribution >= 0.6 is 15.9 Å². The van der Waals surface area contributed by atoms with Gasteiger partial charge in [0.25, 0.3) is 0 Å². The molecule has 0 saturated heterocycles. The summed E-state index contributed by atoms with van der Waals surface area (Å²) in [6, 6.07) is 0. The van der Waals surface area contributed by atoms with E-state index in [9.17, 15) is 9.18 Å². The van der Waals surface area contributed by atoms with Gasteiger partial charge in [0, 0.05) is 5.41 Å². The van der Waals surface area contributed by atoms with E-state index >= 15 is 0 Å². The molecule has 1 rings (SSSR count). The van der Waals surface area contributed by atoms with Crippen LogP contribution in [-0.4, -0.2) is 15.9 Å². The molecular formula is C9H11BrFN3O. The Labute approximate surface area is 95.4 Å². The molecule has 0 fully saturated rings. The molecule has 1 N–H and O–H groups in total. The first kappa shape index (κ1) is 12.0. The van der Waals surface area contributed by atoms with Crippen molar-refractivity contribution in [3.05, 3.63) is 16.7 Å². The molecule has 6 heteroatoms. The Bertz CT molecular complexity index is 389. The Hall–Kier alpha value is -1.04. The molecule has 0 unspecified atom stereocenters. The fourth-order valence-electron chi connectivity index (χ4n) is 0.716. The molecule has 1 aromatic rings. The third-order valence-corrected chi connectivity index (χ3v) is 2.12. The van der Waals surface area contributed by atoms with Gasteiger partial charge in [-0.2, -0.15) is 4.39 Å². The largest absolute Gasteiger partial charge is 0.309 e. The summed E-state index contributed by atoms with van der Waals surface area (Å²) in [4.78, 5) is 18.7. The third kappa shape index (κ3) is 3.23. The molecule has 0 bridgehead atoms. The summed E-state index contributed by atoms with van der Waals surface area (Å²) in [5.41, 5.74) is -0.525. The van der Waals surface area contributed by atoms with Gasteiger partial charge in [-0.25, -0.2) is 9.97 Å². The highest BCUT2D eigenvalue weighted by Gasteiger charge is 2.21. The fourth-order valence-corrected chi connectivity index (χ4v) is 1.01. The van der Waals surface area contributed by atoms with Gasteiger partial charge in [-0.05, 0) is 15.9 Å². The average molecular weight is 276 g/mol. The number of halogens is 2. The molecule has 0 aromatic carbocycles. The topological polar surface area (TPSA) is 54.9 Å². The number of amides is 1. The highest BCUT2D eigenvalue weighted by atomic mass is 79.9. The molecule has 1 heterocycles. The van der Waals surface area contributed by atoms with Crippen molar-refractivity contribution in [3.63, 3.8) is 0 Å². The molecule has 82 valence electrons. The van der Waals surface area contributed by atoms with Crippen LogP contribution < -0.4 is 5.32 Å². The zero-order chi connectivity index (χ0) is 11.6. The van der Waals surface area contributed by atoms with Crippen LogP contribution in [0.4, 0.5) is 10.2 Å². The van der Waals surface area contributed by atoms with Crippen LogP contribution in [0.25, 0.3) is 0 Å².